The van der Waals surface area contributed by atoms with Crippen molar-refractivity contribution in [2.24, 2.45) is 0 Å². The Labute approximate surface area is 85.5 Å². The van der Waals surface area contributed by atoms with Gasteiger partial charge in [-0.15, -0.1) is 0 Å². The number of benzene rings is 1. The van der Waals surface area contributed by atoms with E-state index in [2.05, 4.69) is 4.98 Å². The van der Waals surface area contributed by atoms with E-state index in [1.54, 1.807) is 6.07 Å². The Morgan fingerprint density at radius 1 is 1.43 bits per heavy atom. The van der Waals surface area contributed by atoms with Crippen molar-refractivity contribution in [2.75, 3.05) is 5.73 Å². The highest BCUT2D eigenvalue weighted by Crippen LogP contribution is 2.30. The van der Waals surface area contributed by atoms with Crippen molar-refractivity contribution >= 4 is 28.2 Å². The Hall–Kier alpha value is -1.35. The first-order valence-corrected chi connectivity index (χ1v) is 4.48. The van der Waals surface area contributed by atoms with E-state index in [1.165, 1.54) is 12.3 Å². The highest BCUT2D eigenvalue weighted by molar-refractivity contribution is 6.38. The topological polar surface area (TPSA) is 38.9 Å². The molecule has 0 unspecified atom stereocenters. The van der Waals surface area contributed by atoms with Crippen LogP contribution in [0.3, 0.4) is 0 Å². The van der Waals surface area contributed by atoms with Crippen LogP contribution in [0.5, 0.6) is 0 Å². The number of rotatable bonds is 0. The third-order valence-corrected chi connectivity index (χ3v) is 2.55. The molecule has 0 saturated carbocycles. The molecule has 0 bridgehead atoms. The molecule has 72 valence electrons. The van der Waals surface area contributed by atoms with Crippen molar-refractivity contribution in [3.05, 3.63) is 34.7 Å². The van der Waals surface area contributed by atoms with E-state index >= 15 is 0 Å². The van der Waals surface area contributed by atoms with Crippen LogP contribution in [0, 0.1) is 12.7 Å². The number of anilines is 1. The second kappa shape index (κ2) is 3.10. The molecule has 2 aromatic rings. The summed E-state index contributed by atoms with van der Waals surface area (Å²) in [5.74, 6) is -0.382. The third-order valence-electron chi connectivity index (χ3n) is 2.14. The summed E-state index contributed by atoms with van der Waals surface area (Å²) >= 11 is 5.97. The zero-order chi connectivity index (χ0) is 10.3. The van der Waals surface area contributed by atoms with Crippen LogP contribution in [0.1, 0.15) is 5.56 Å². The Morgan fingerprint density at radius 2 is 2.14 bits per heavy atom. The first-order valence-electron chi connectivity index (χ1n) is 4.10. The fraction of sp³-hybridized carbons (Fsp3) is 0.100. The van der Waals surface area contributed by atoms with Gasteiger partial charge in [0.1, 0.15) is 11.3 Å². The van der Waals surface area contributed by atoms with Crippen molar-refractivity contribution in [1.29, 1.82) is 0 Å². The van der Waals surface area contributed by atoms with Crippen molar-refractivity contribution < 1.29 is 4.39 Å². The molecule has 1 aromatic heterocycles. The molecule has 0 amide bonds. The van der Waals surface area contributed by atoms with Crippen LogP contribution in [-0.2, 0) is 0 Å². The molecule has 0 aliphatic carbocycles. The summed E-state index contributed by atoms with van der Waals surface area (Å²) in [6.07, 6.45) is 1.37. The lowest BCUT2D eigenvalue weighted by Gasteiger charge is -2.06. The van der Waals surface area contributed by atoms with Crippen molar-refractivity contribution in [2.45, 2.75) is 6.92 Å². The maximum Gasteiger partial charge on any atom is 0.149 e. The lowest BCUT2D eigenvalue weighted by Crippen LogP contribution is -1.93. The standard InChI is InChI=1S/C10H8ClFN2/c1-5-2-3-6(12)10-8(5)9(11)7(13)4-14-10/h2-4H,13H2,1H3. The number of pyridine rings is 1. The molecule has 4 heteroatoms. The van der Waals surface area contributed by atoms with Crippen LogP contribution in [-0.4, -0.2) is 4.98 Å². The monoisotopic (exact) mass is 210 g/mol. The maximum atomic E-state index is 13.3. The van der Waals surface area contributed by atoms with E-state index in [0.29, 0.717) is 16.1 Å². The average molecular weight is 211 g/mol. The smallest absolute Gasteiger partial charge is 0.149 e. The molecule has 1 aromatic carbocycles. The number of hydrogen-bond acceptors (Lipinski definition) is 2. The van der Waals surface area contributed by atoms with Crippen LogP contribution < -0.4 is 5.73 Å². The average Bonchev–Trinajstić information content (AvgIpc) is 2.16. The lowest BCUT2D eigenvalue weighted by molar-refractivity contribution is 0.636. The quantitative estimate of drug-likeness (QED) is 0.726. The van der Waals surface area contributed by atoms with E-state index in [0.717, 1.165) is 5.56 Å². The Bertz CT molecular complexity index is 511. The highest BCUT2D eigenvalue weighted by Gasteiger charge is 2.10. The molecule has 2 rings (SSSR count). The molecule has 0 spiro atoms. The van der Waals surface area contributed by atoms with Gasteiger partial charge in [0.2, 0.25) is 0 Å². The molecule has 2 nitrogen and oxygen atoms in total. The Morgan fingerprint density at radius 3 is 2.86 bits per heavy atom. The predicted octanol–water partition coefficient (Wildman–Crippen LogP) is 2.92. The molecular formula is C10H8ClFN2. The van der Waals surface area contributed by atoms with Gasteiger partial charge in [-0.3, -0.25) is 4.98 Å². The summed E-state index contributed by atoms with van der Waals surface area (Å²) in [6.45, 7) is 1.84. The van der Waals surface area contributed by atoms with Gasteiger partial charge in [0.15, 0.2) is 0 Å². The summed E-state index contributed by atoms with van der Waals surface area (Å²) in [5, 5.41) is 0.957. The van der Waals surface area contributed by atoms with Gasteiger partial charge >= 0.3 is 0 Å². The molecule has 0 atom stereocenters. The number of aromatic nitrogens is 1. The van der Waals surface area contributed by atoms with Crippen molar-refractivity contribution in [3.63, 3.8) is 0 Å². The summed E-state index contributed by atoms with van der Waals surface area (Å²) in [5.41, 5.74) is 7.09. The first kappa shape index (κ1) is 9.21. The van der Waals surface area contributed by atoms with Gasteiger partial charge in [-0.1, -0.05) is 17.7 Å². The normalized spacial score (nSPS) is 10.8. The van der Waals surface area contributed by atoms with E-state index < -0.39 is 0 Å². The van der Waals surface area contributed by atoms with Crippen LogP contribution in [0.4, 0.5) is 10.1 Å². The summed E-state index contributed by atoms with van der Waals surface area (Å²) in [4.78, 5) is 3.92. The van der Waals surface area contributed by atoms with Crippen LogP contribution in [0.25, 0.3) is 10.9 Å². The fourth-order valence-corrected chi connectivity index (χ4v) is 1.69. The number of fused-ring (bicyclic) bond motifs is 1. The molecular weight excluding hydrogens is 203 g/mol. The lowest BCUT2D eigenvalue weighted by atomic mass is 10.1. The minimum atomic E-state index is -0.382. The third kappa shape index (κ3) is 1.21. The van der Waals surface area contributed by atoms with E-state index in [1.807, 2.05) is 6.92 Å². The number of nitrogens with zero attached hydrogens (tertiary/aromatic N) is 1. The van der Waals surface area contributed by atoms with E-state index in [4.69, 9.17) is 17.3 Å². The number of nitrogen functional groups attached to an aromatic ring is 1. The Kier molecular flexibility index (Phi) is 2.04. The minimum absolute atomic E-state index is 0.268. The number of aryl methyl sites for hydroxylation is 1. The van der Waals surface area contributed by atoms with Crippen molar-refractivity contribution in [1.82, 2.24) is 4.98 Å². The SMILES string of the molecule is Cc1ccc(F)c2ncc(N)c(Cl)c12. The summed E-state index contributed by atoms with van der Waals surface area (Å²) in [6, 6.07) is 3.03. The zero-order valence-corrected chi connectivity index (χ0v) is 8.27. The number of nitrogens with two attached hydrogens (primary N) is 1. The second-order valence-corrected chi connectivity index (χ2v) is 3.49. The molecule has 1 heterocycles. The molecule has 0 aliphatic heterocycles. The first-order chi connectivity index (χ1) is 6.61. The molecule has 0 aliphatic rings. The van der Waals surface area contributed by atoms with E-state index in [9.17, 15) is 4.39 Å². The van der Waals surface area contributed by atoms with Gasteiger partial charge in [0, 0.05) is 5.39 Å². The van der Waals surface area contributed by atoms with E-state index in [-0.39, 0.29) is 11.3 Å². The van der Waals surface area contributed by atoms with Gasteiger partial charge in [-0.05, 0) is 18.6 Å². The number of hydrogen-bond donors (Lipinski definition) is 1. The second-order valence-electron chi connectivity index (χ2n) is 3.12. The predicted molar refractivity (Wildman–Crippen MR) is 55.9 cm³/mol. The molecule has 2 N–H and O–H groups in total. The van der Waals surface area contributed by atoms with Crippen molar-refractivity contribution in [3.8, 4) is 0 Å². The van der Waals surface area contributed by atoms with Crippen LogP contribution in [0.2, 0.25) is 5.02 Å². The van der Waals surface area contributed by atoms with Gasteiger partial charge in [-0.2, -0.15) is 0 Å². The fourth-order valence-electron chi connectivity index (χ4n) is 1.40. The Balaban J connectivity index is 3.01. The highest BCUT2D eigenvalue weighted by atomic mass is 35.5. The molecule has 14 heavy (non-hydrogen) atoms. The largest absolute Gasteiger partial charge is 0.396 e. The minimum Gasteiger partial charge on any atom is -0.396 e. The number of halogens is 2. The van der Waals surface area contributed by atoms with Crippen LogP contribution >= 0.6 is 11.6 Å². The van der Waals surface area contributed by atoms with Gasteiger partial charge in [0.25, 0.3) is 0 Å². The molecule has 0 radical (unpaired) electrons. The summed E-state index contributed by atoms with van der Waals surface area (Å²) < 4.78 is 13.3. The van der Waals surface area contributed by atoms with Gasteiger partial charge in [-0.25, -0.2) is 4.39 Å². The maximum absolute atomic E-state index is 13.3. The summed E-state index contributed by atoms with van der Waals surface area (Å²) in [7, 11) is 0. The van der Waals surface area contributed by atoms with Crippen LogP contribution in [0.15, 0.2) is 18.3 Å². The van der Waals surface area contributed by atoms with Gasteiger partial charge < -0.3 is 5.73 Å². The van der Waals surface area contributed by atoms with Gasteiger partial charge in [0.05, 0.1) is 16.9 Å². The zero-order valence-electron chi connectivity index (χ0n) is 7.51. The molecule has 0 fully saturated rings. The molecule has 0 saturated heterocycles.